The van der Waals surface area contributed by atoms with Crippen molar-refractivity contribution in [2.45, 2.75) is 38.6 Å². The summed E-state index contributed by atoms with van der Waals surface area (Å²) < 4.78 is 0. The molecule has 168 valence electrons. The third-order valence-corrected chi connectivity index (χ3v) is 6.54. The zero-order chi connectivity index (χ0) is 21.9. The number of anilines is 1. The number of rotatable bonds is 7. The Kier molecular flexibility index (Phi) is 6.19. The van der Waals surface area contributed by atoms with E-state index in [0.29, 0.717) is 12.0 Å². The molecule has 2 aliphatic carbocycles. The molecule has 2 aromatic rings. The third-order valence-electron chi connectivity index (χ3n) is 6.54. The highest BCUT2D eigenvalue weighted by Gasteiger charge is 2.24. The molecule has 1 aliphatic heterocycles. The Labute approximate surface area is 189 Å². The molecule has 0 atom stereocenters. The van der Waals surface area contributed by atoms with Gasteiger partial charge in [-0.1, -0.05) is 6.07 Å². The minimum Gasteiger partial charge on any atom is -0.353 e. The topological polar surface area (TPSA) is 82.2 Å². The first-order valence-electron chi connectivity index (χ1n) is 11.8. The molecule has 7 heteroatoms. The lowest BCUT2D eigenvalue weighted by Gasteiger charge is -2.27. The van der Waals surface area contributed by atoms with Gasteiger partial charge in [0.2, 0.25) is 5.95 Å². The molecule has 2 fully saturated rings. The molecule has 32 heavy (non-hydrogen) atoms. The van der Waals surface area contributed by atoms with Crippen LogP contribution < -0.4 is 16.0 Å². The van der Waals surface area contributed by atoms with Crippen molar-refractivity contribution in [3.8, 4) is 0 Å². The molecule has 5 rings (SSSR count). The van der Waals surface area contributed by atoms with E-state index in [0.717, 1.165) is 87.3 Å². The lowest BCUT2D eigenvalue weighted by atomic mass is 9.89. The number of carbonyl (C=O) groups is 1. The Morgan fingerprint density at radius 2 is 2.06 bits per heavy atom. The second-order valence-corrected chi connectivity index (χ2v) is 9.06. The lowest BCUT2D eigenvalue weighted by Crippen LogP contribution is -2.45. The number of carbonyl (C=O) groups excluding carboxylic acids is 1. The fourth-order valence-corrected chi connectivity index (χ4v) is 4.42. The van der Waals surface area contributed by atoms with Gasteiger partial charge in [-0.25, -0.2) is 9.97 Å². The second kappa shape index (κ2) is 9.38. The fourth-order valence-electron chi connectivity index (χ4n) is 4.42. The quantitative estimate of drug-likeness (QED) is 0.624. The highest BCUT2D eigenvalue weighted by Crippen LogP contribution is 2.32. The van der Waals surface area contributed by atoms with Crippen LogP contribution in [0.4, 0.5) is 5.95 Å². The molecule has 1 amide bonds. The van der Waals surface area contributed by atoms with Gasteiger partial charge < -0.3 is 16.0 Å². The van der Waals surface area contributed by atoms with E-state index in [1.165, 1.54) is 11.1 Å². The Morgan fingerprint density at radius 3 is 2.88 bits per heavy atom. The highest BCUT2D eigenvalue weighted by atomic mass is 16.1. The van der Waals surface area contributed by atoms with E-state index in [1.807, 2.05) is 18.3 Å². The Hall–Kier alpha value is -2.77. The van der Waals surface area contributed by atoms with Crippen LogP contribution in [0.25, 0.3) is 11.6 Å². The van der Waals surface area contributed by atoms with Crippen molar-refractivity contribution in [2.24, 2.45) is 0 Å². The van der Waals surface area contributed by atoms with Crippen molar-refractivity contribution < 1.29 is 4.79 Å². The van der Waals surface area contributed by atoms with Crippen LogP contribution in [0, 0.1) is 6.92 Å². The number of nitrogens with one attached hydrogen (secondary N) is 3. The maximum atomic E-state index is 12.5. The molecule has 7 nitrogen and oxygen atoms in total. The number of amides is 1. The van der Waals surface area contributed by atoms with E-state index < -0.39 is 0 Å². The molecular weight excluding hydrogens is 400 g/mol. The largest absolute Gasteiger partial charge is 0.353 e. The van der Waals surface area contributed by atoms with Crippen LogP contribution in [0.5, 0.6) is 0 Å². The van der Waals surface area contributed by atoms with E-state index in [4.69, 9.17) is 4.98 Å². The zero-order valence-corrected chi connectivity index (χ0v) is 18.8. The first-order valence-corrected chi connectivity index (χ1v) is 11.8. The Morgan fingerprint density at radius 1 is 1.22 bits per heavy atom. The van der Waals surface area contributed by atoms with E-state index in [-0.39, 0.29) is 5.91 Å². The number of benzene rings is 1. The van der Waals surface area contributed by atoms with Crippen LogP contribution >= 0.6 is 0 Å². The van der Waals surface area contributed by atoms with E-state index in [1.54, 1.807) is 0 Å². The normalized spacial score (nSPS) is 18.6. The van der Waals surface area contributed by atoms with Gasteiger partial charge in [-0.3, -0.25) is 9.69 Å². The predicted octanol–water partition coefficient (Wildman–Crippen LogP) is 2.48. The van der Waals surface area contributed by atoms with Gasteiger partial charge in [0.05, 0.1) is 5.69 Å². The maximum Gasteiger partial charge on any atom is 0.251 e. The molecule has 1 aromatic carbocycles. The minimum absolute atomic E-state index is 0.0328. The summed E-state index contributed by atoms with van der Waals surface area (Å²) >= 11 is 0. The van der Waals surface area contributed by atoms with Crippen LogP contribution in [-0.4, -0.2) is 66.1 Å². The molecule has 0 radical (unpaired) electrons. The van der Waals surface area contributed by atoms with Crippen LogP contribution in [0.3, 0.4) is 0 Å². The van der Waals surface area contributed by atoms with E-state index >= 15 is 0 Å². The molecule has 3 aliphatic rings. The van der Waals surface area contributed by atoms with Crippen molar-refractivity contribution in [2.75, 3.05) is 44.6 Å². The van der Waals surface area contributed by atoms with Gasteiger partial charge in [-0.05, 0) is 67.5 Å². The van der Waals surface area contributed by atoms with Gasteiger partial charge >= 0.3 is 0 Å². The summed E-state index contributed by atoms with van der Waals surface area (Å²) in [6, 6.07) is 6.38. The molecule has 0 bridgehead atoms. The van der Waals surface area contributed by atoms with Crippen LogP contribution in [0.2, 0.25) is 0 Å². The molecule has 1 aromatic heterocycles. The standard InChI is InChI=1S/C25H32N6O/c1-17-2-3-19(24(32)29-21-5-6-21)15-22(17)18-4-7-23-20(14-18)16-28-25(30-23)27-10-13-31-11-8-26-9-12-31/h2-3,14-16,21,26H,4-13H2,1H3,(H,29,32)(H,27,28,30). The molecule has 3 N–H and O–H groups in total. The number of nitrogens with zero attached hydrogens (tertiary/aromatic N) is 3. The Balaban J connectivity index is 1.26. The SMILES string of the molecule is Cc1ccc(C(=O)NC2CC2)cc1C1=Cc2cnc(NCCN3CCNCC3)nc2CC1. The molecule has 0 unspecified atom stereocenters. The number of piperazine rings is 1. The number of aromatic nitrogens is 2. The lowest BCUT2D eigenvalue weighted by molar-refractivity contribution is 0.0951. The third kappa shape index (κ3) is 5.00. The molecule has 1 saturated carbocycles. The highest BCUT2D eigenvalue weighted by molar-refractivity contribution is 5.96. The van der Waals surface area contributed by atoms with Gasteiger partial charge in [0.1, 0.15) is 0 Å². The van der Waals surface area contributed by atoms with E-state index in [9.17, 15) is 4.79 Å². The summed E-state index contributed by atoms with van der Waals surface area (Å²) in [5.41, 5.74) is 6.50. The Bertz CT molecular complexity index is 1020. The molecule has 1 saturated heterocycles. The smallest absolute Gasteiger partial charge is 0.251 e. The monoisotopic (exact) mass is 432 g/mol. The summed E-state index contributed by atoms with van der Waals surface area (Å²) in [7, 11) is 0. The number of aryl methyl sites for hydroxylation is 2. The fraction of sp³-hybridized carbons (Fsp3) is 0.480. The number of allylic oxidation sites excluding steroid dienone is 1. The molecular formula is C25H32N6O. The zero-order valence-electron chi connectivity index (χ0n) is 18.8. The van der Waals surface area contributed by atoms with Gasteiger partial charge in [0.15, 0.2) is 0 Å². The van der Waals surface area contributed by atoms with Crippen LogP contribution in [0.1, 0.15) is 52.0 Å². The minimum atomic E-state index is 0.0328. The van der Waals surface area contributed by atoms with Crippen LogP contribution in [-0.2, 0) is 6.42 Å². The summed E-state index contributed by atoms with van der Waals surface area (Å²) in [5, 5.41) is 9.85. The van der Waals surface area contributed by atoms with Gasteiger partial charge in [0, 0.05) is 62.6 Å². The van der Waals surface area contributed by atoms with Crippen molar-refractivity contribution in [1.82, 2.24) is 25.5 Å². The van der Waals surface area contributed by atoms with Crippen LogP contribution in [0.15, 0.2) is 24.4 Å². The summed E-state index contributed by atoms with van der Waals surface area (Å²) in [6.07, 6.45) is 8.10. The number of hydrogen-bond acceptors (Lipinski definition) is 6. The van der Waals surface area contributed by atoms with Crippen molar-refractivity contribution in [3.05, 3.63) is 52.3 Å². The number of hydrogen-bond donors (Lipinski definition) is 3. The maximum absolute atomic E-state index is 12.5. The average molecular weight is 433 g/mol. The first-order chi connectivity index (χ1) is 15.7. The average Bonchev–Trinajstić information content (AvgIpc) is 3.64. The van der Waals surface area contributed by atoms with Gasteiger partial charge in [-0.15, -0.1) is 0 Å². The van der Waals surface area contributed by atoms with E-state index in [2.05, 4.69) is 44.9 Å². The summed E-state index contributed by atoms with van der Waals surface area (Å²) in [6.45, 7) is 8.31. The van der Waals surface area contributed by atoms with Crippen molar-refractivity contribution in [1.29, 1.82) is 0 Å². The number of fused-ring (bicyclic) bond motifs is 1. The van der Waals surface area contributed by atoms with Crippen molar-refractivity contribution in [3.63, 3.8) is 0 Å². The predicted molar refractivity (Wildman–Crippen MR) is 128 cm³/mol. The molecule has 2 heterocycles. The van der Waals surface area contributed by atoms with Gasteiger partial charge in [0.25, 0.3) is 5.91 Å². The summed E-state index contributed by atoms with van der Waals surface area (Å²) in [4.78, 5) is 24.3. The second-order valence-electron chi connectivity index (χ2n) is 9.06. The van der Waals surface area contributed by atoms with Crippen molar-refractivity contribution >= 4 is 23.5 Å². The summed E-state index contributed by atoms with van der Waals surface area (Å²) in [5.74, 6) is 0.746. The first kappa shape index (κ1) is 21.1. The van der Waals surface area contributed by atoms with Gasteiger partial charge in [-0.2, -0.15) is 0 Å². The molecule has 0 spiro atoms.